The molecule has 2 fully saturated rings. The number of benzene rings is 1. The smallest absolute Gasteiger partial charge is 0.387 e. The van der Waals surface area contributed by atoms with Crippen LogP contribution in [0, 0.1) is 0 Å². The van der Waals surface area contributed by atoms with Gasteiger partial charge in [-0.25, -0.2) is 0 Å². The second-order valence-electron chi connectivity index (χ2n) is 6.27. The topological polar surface area (TPSA) is 60.0 Å². The minimum atomic E-state index is -3.02. The second-order valence-corrected chi connectivity index (χ2v) is 6.27. The van der Waals surface area contributed by atoms with Gasteiger partial charge in [-0.15, -0.1) is 0 Å². The first-order valence-electron chi connectivity index (χ1n) is 8.28. The largest absolute Gasteiger partial charge is 0.493 e. The van der Waals surface area contributed by atoms with Crippen molar-refractivity contribution in [2.45, 2.75) is 38.0 Å². The lowest BCUT2D eigenvalue weighted by molar-refractivity contribution is -0.0526. The van der Waals surface area contributed by atoms with Crippen LogP contribution in [-0.4, -0.2) is 56.8 Å². The summed E-state index contributed by atoms with van der Waals surface area (Å²) >= 11 is 0. The monoisotopic (exact) mass is 356 g/mol. The molecule has 25 heavy (non-hydrogen) atoms. The Kier molecular flexibility index (Phi) is 5.27. The summed E-state index contributed by atoms with van der Waals surface area (Å²) in [6, 6.07) is 3.61. The van der Waals surface area contributed by atoms with E-state index in [2.05, 4.69) is 10.1 Å². The van der Waals surface area contributed by atoms with Gasteiger partial charge >= 0.3 is 6.61 Å². The third-order valence-corrected chi connectivity index (χ3v) is 4.72. The first kappa shape index (κ1) is 17.7. The van der Waals surface area contributed by atoms with Gasteiger partial charge in [-0.2, -0.15) is 8.78 Å². The highest BCUT2D eigenvalue weighted by molar-refractivity contribution is 5.95. The lowest BCUT2D eigenvalue weighted by Crippen LogP contribution is -2.39. The van der Waals surface area contributed by atoms with Crippen molar-refractivity contribution in [1.29, 1.82) is 0 Å². The van der Waals surface area contributed by atoms with E-state index in [0.717, 1.165) is 19.3 Å². The van der Waals surface area contributed by atoms with Gasteiger partial charge < -0.3 is 24.4 Å². The Labute approximate surface area is 145 Å². The molecule has 2 atom stereocenters. The molecule has 6 nitrogen and oxygen atoms in total. The number of amides is 1. The predicted octanol–water partition coefficient (Wildman–Crippen LogP) is 2.27. The van der Waals surface area contributed by atoms with E-state index < -0.39 is 6.61 Å². The molecule has 8 heteroatoms. The Balaban J connectivity index is 1.87. The average molecular weight is 356 g/mol. The molecule has 1 aromatic carbocycles. The van der Waals surface area contributed by atoms with Gasteiger partial charge in [-0.1, -0.05) is 0 Å². The van der Waals surface area contributed by atoms with Crippen LogP contribution in [0.15, 0.2) is 12.1 Å². The minimum absolute atomic E-state index is 0.0393. The Bertz CT molecular complexity index is 616. The first-order chi connectivity index (χ1) is 12.0. The fourth-order valence-electron chi connectivity index (χ4n) is 3.52. The van der Waals surface area contributed by atoms with E-state index in [1.165, 1.54) is 26.4 Å². The molecule has 0 aromatic heterocycles. The van der Waals surface area contributed by atoms with E-state index in [1.807, 2.05) is 0 Å². The number of nitrogens with zero attached hydrogens (tertiary/aromatic N) is 1. The molecular formula is C17H22F2N2O4. The maximum atomic E-state index is 12.9. The van der Waals surface area contributed by atoms with Crippen LogP contribution < -0.4 is 19.5 Å². The average Bonchev–Trinajstić information content (AvgIpc) is 2.92. The molecule has 2 bridgehead atoms. The number of nitrogens with one attached hydrogen (secondary N) is 1. The van der Waals surface area contributed by atoms with Crippen molar-refractivity contribution in [3.8, 4) is 17.2 Å². The molecular weight excluding hydrogens is 334 g/mol. The summed E-state index contributed by atoms with van der Waals surface area (Å²) in [5, 5.41) is 3.52. The van der Waals surface area contributed by atoms with Gasteiger partial charge in [-0.05, 0) is 31.4 Å². The Hall–Kier alpha value is -2.09. The fourth-order valence-corrected chi connectivity index (χ4v) is 3.52. The summed E-state index contributed by atoms with van der Waals surface area (Å²) in [7, 11) is 2.66. The van der Waals surface area contributed by atoms with Gasteiger partial charge in [0.1, 0.15) is 0 Å². The number of rotatable bonds is 5. The molecule has 0 spiro atoms. The van der Waals surface area contributed by atoms with E-state index in [9.17, 15) is 13.6 Å². The molecule has 1 N–H and O–H groups in total. The lowest BCUT2D eigenvalue weighted by Gasteiger charge is -2.25. The first-order valence-corrected chi connectivity index (χ1v) is 8.28. The second kappa shape index (κ2) is 7.43. The van der Waals surface area contributed by atoms with Gasteiger partial charge in [0.2, 0.25) is 5.75 Å². The van der Waals surface area contributed by atoms with Crippen LogP contribution in [0.3, 0.4) is 0 Å². The van der Waals surface area contributed by atoms with Crippen molar-refractivity contribution in [2.75, 3.05) is 27.3 Å². The van der Waals surface area contributed by atoms with Gasteiger partial charge in [0, 0.05) is 30.7 Å². The molecule has 2 heterocycles. The standard InChI is InChI=1S/C17H22F2N2O4/c1-23-13-7-10(8-14(24-2)15(13)25-17(18)19)16(22)21-6-5-11-3-4-12(9-21)20-11/h7-8,11-12,17,20H,3-6,9H2,1-2H3. The van der Waals surface area contributed by atoms with E-state index in [1.54, 1.807) is 4.90 Å². The maximum Gasteiger partial charge on any atom is 0.387 e. The molecule has 2 saturated heterocycles. The van der Waals surface area contributed by atoms with E-state index in [4.69, 9.17) is 9.47 Å². The van der Waals surface area contributed by atoms with Crippen LogP contribution in [0.1, 0.15) is 29.6 Å². The minimum Gasteiger partial charge on any atom is -0.493 e. The number of carbonyl (C=O) groups excluding carboxylic acids is 1. The van der Waals surface area contributed by atoms with Crippen LogP contribution in [0.5, 0.6) is 17.2 Å². The molecule has 1 aromatic rings. The zero-order chi connectivity index (χ0) is 18.0. The van der Waals surface area contributed by atoms with E-state index in [-0.39, 0.29) is 23.2 Å². The van der Waals surface area contributed by atoms with Crippen molar-refractivity contribution in [2.24, 2.45) is 0 Å². The summed E-state index contributed by atoms with van der Waals surface area (Å²) in [5.74, 6) is -0.308. The fraction of sp³-hybridized carbons (Fsp3) is 0.588. The number of halogens is 2. The van der Waals surface area contributed by atoms with Gasteiger partial charge in [0.05, 0.1) is 14.2 Å². The number of fused-ring (bicyclic) bond motifs is 2. The van der Waals surface area contributed by atoms with Crippen molar-refractivity contribution in [3.05, 3.63) is 17.7 Å². The SMILES string of the molecule is COc1cc(C(=O)N2CCC3CCC(C2)N3)cc(OC)c1OC(F)F. The normalized spacial score (nSPS) is 22.7. The molecule has 2 aliphatic heterocycles. The lowest BCUT2D eigenvalue weighted by atomic mass is 10.1. The zero-order valence-corrected chi connectivity index (χ0v) is 14.3. The molecule has 1 amide bonds. The molecule has 2 unspecified atom stereocenters. The van der Waals surface area contributed by atoms with Crippen LogP contribution in [0.4, 0.5) is 8.78 Å². The van der Waals surface area contributed by atoms with Crippen LogP contribution in [0.25, 0.3) is 0 Å². The summed E-state index contributed by atoms with van der Waals surface area (Å²) in [4.78, 5) is 14.7. The molecule has 0 aliphatic carbocycles. The molecule has 0 saturated carbocycles. The highest BCUT2D eigenvalue weighted by Crippen LogP contribution is 2.40. The number of carbonyl (C=O) groups is 1. The van der Waals surface area contributed by atoms with E-state index in [0.29, 0.717) is 30.7 Å². The molecule has 3 rings (SSSR count). The molecule has 2 aliphatic rings. The van der Waals surface area contributed by atoms with Crippen molar-refractivity contribution in [3.63, 3.8) is 0 Å². The highest BCUT2D eigenvalue weighted by atomic mass is 19.3. The number of hydrogen-bond acceptors (Lipinski definition) is 5. The Morgan fingerprint density at radius 1 is 1.16 bits per heavy atom. The number of likely N-dealkylation sites (tertiary alicyclic amines) is 1. The zero-order valence-electron chi connectivity index (χ0n) is 14.3. The number of hydrogen-bond donors (Lipinski definition) is 1. The quantitative estimate of drug-likeness (QED) is 0.877. The van der Waals surface area contributed by atoms with Crippen LogP contribution in [0.2, 0.25) is 0 Å². The Morgan fingerprint density at radius 2 is 1.80 bits per heavy atom. The summed E-state index contributed by atoms with van der Waals surface area (Å²) in [6.45, 7) is -1.72. The maximum absolute atomic E-state index is 12.9. The third-order valence-electron chi connectivity index (χ3n) is 4.72. The predicted molar refractivity (Wildman–Crippen MR) is 86.6 cm³/mol. The number of alkyl halides is 2. The van der Waals surface area contributed by atoms with E-state index >= 15 is 0 Å². The van der Waals surface area contributed by atoms with Crippen molar-refractivity contribution < 1.29 is 27.8 Å². The van der Waals surface area contributed by atoms with Crippen LogP contribution >= 0.6 is 0 Å². The van der Waals surface area contributed by atoms with Gasteiger partial charge in [0.25, 0.3) is 5.91 Å². The third kappa shape index (κ3) is 3.78. The highest BCUT2D eigenvalue weighted by Gasteiger charge is 2.32. The number of ether oxygens (including phenoxy) is 3. The molecule has 138 valence electrons. The summed E-state index contributed by atoms with van der Waals surface area (Å²) in [5.41, 5.74) is 0.327. The number of methoxy groups -OCH3 is 2. The van der Waals surface area contributed by atoms with Gasteiger partial charge in [-0.3, -0.25) is 4.79 Å². The Morgan fingerprint density at radius 3 is 2.40 bits per heavy atom. The molecule has 0 radical (unpaired) electrons. The van der Waals surface area contributed by atoms with Crippen molar-refractivity contribution in [1.82, 2.24) is 10.2 Å². The summed E-state index contributed by atoms with van der Waals surface area (Å²) < 4.78 is 40.0. The van der Waals surface area contributed by atoms with Crippen LogP contribution in [-0.2, 0) is 0 Å². The van der Waals surface area contributed by atoms with Gasteiger partial charge in [0.15, 0.2) is 11.5 Å². The summed E-state index contributed by atoms with van der Waals surface area (Å²) in [6.07, 6.45) is 3.11. The van der Waals surface area contributed by atoms with Crippen molar-refractivity contribution >= 4 is 5.91 Å².